The van der Waals surface area contributed by atoms with Crippen LogP contribution in [0.2, 0.25) is 0 Å². The van der Waals surface area contributed by atoms with Gasteiger partial charge in [-0.1, -0.05) is 29.8 Å². The van der Waals surface area contributed by atoms with E-state index in [1.807, 2.05) is 48.6 Å². The molecule has 7 heteroatoms. The molecule has 1 N–H and O–H groups in total. The Labute approximate surface area is 166 Å². The average Bonchev–Trinajstić information content (AvgIpc) is 3.03. The minimum Gasteiger partial charge on any atom is -0.335 e. The van der Waals surface area contributed by atoms with Gasteiger partial charge in [-0.25, -0.2) is 4.79 Å². The number of hydrogen-bond acceptors (Lipinski definition) is 3. The highest BCUT2D eigenvalue weighted by molar-refractivity contribution is 5.88. The molecule has 0 radical (unpaired) electrons. The van der Waals surface area contributed by atoms with Crippen molar-refractivity contribution in [1.29, 1.82) is 0 Å². The summed E-state index contributed by atoms with van der Waals surface area (Å²) in [5, 5.41) is 7.23. The fourth-order valence-electron chi connectivity index (χ4n) is 3.65. The largest absolute Gasteiger partial charge is 0.335 e. The van der Waals surface area contributed by atoms with Crippen LogP contribution in [0.4, 0.5) is 4.79 Å². The number of benzene rings is 1. The molecule has 1 aliphatic heterocycles. The fraction of sp³-hybridized carbons (Fsp3) is 0.476. The van der Waals surface area contributed by atoms with Gasteiger partial charge in [-0.05, 0) is 33.3 Å². The second-order valence-corrected chi connectivity index (χ2v) is 7.35. The first kappa shape index (κ1) is 19.9. The van der Waals surface area contributed by atoms with E-state index in [1.165, 1.54) is 5.56 Å². The maximum atomic E-state index is 12.8. The number of rotatable bonds is 5. The van der Waals surface area contributed by atoms with E-state index in [0.717, 1.165) is 23.4 Å². The molecule has 1 aromatic carbocycles. The first-order valence-electron chi connectivity index (χ1n) is 9.80. The third-order valence-corrected chi connectivity index (χ3v) is 5.40. The van der Waals surface area contributed by atoms with E-state index in [2.05, 4.69) is 16.5 Å². The number of aromatic nitrogens is 2. The van der Waals surface area contributed by atoms with E-state index in [-0.39, 0.29) is 11.9 Å². The van der Waals surface area contributed by atoms with Crippen molar-refractivity contribution in [2.45, 2.75) is 53.4 Å². The van der Waals surface area contributed by atoms with Gasteiger partial charge >= 0.3 is 6.03 Å². The van der Waals surface area contributed by atoms with Crippen molar-refractivity contribution in [3.05, 3.63) is 52.8 Å². The van der Waals surface area contributed by atoms with E-state index in [1.54, 1.807) is 18.0 Å². The Morgan fingerprint density at radius 3 is 2.75 bits per heavy atom. The van der Waals surface area contributed by atoms with E-state index in [9.17, 15) is 9.59 Å². The van der Waals surface area contributed by atoms with Crippen molar-refractivity contribution in [2.75, 3.05) is 13.1 Å². The van der Waals surface area contributed by atoms with Gasteiger partial charge < -0.3 is 15.1 Å². The van der Waals surface area contributed by atoms with E-state index >= 15 is 0 Å². The molecule has 7 nitrogen and oxygen atoms in total. The Bertz CT molecular complexity index is 860. The Morgan fingerprint density at radius 1 is 1.29 bits per heavy atom. The van der Waals surface area contributed by atoms with Crippen molar-refractivity contribution in [3.63, 3.8) is 0 Å². The summed E-state index contributed by atoms with van der Waals surface area (Å²) in [7, 11) is 0. The average molecular weight is 383 g/mol. The lowest BCUT2D eigenvalue weighted by Gasteiger charge is -2.39. The molecule has 3 amide bonds. The standard InChI is InChI=1S/C21H29N5O2/c1-5-26-16(3)19(13-23-26)12-22-21(28)25-10-9-24(20(27)17(25)4)14-18-8-6-7-15(2)11-18/h6-8,11,13,17H,5,9-10,12,14H2,1-4H3,(H,22,28)/t17-/m0/s1. The van der Waals surface area contributed by atoms with Gasteiger partial charge in [-0.15, -0.1) is 0 Å². The SMILES string of the molecule is CCn1ncc(CNC(=O)N2CCN(Cc3cccc(C)c3)C(=O)[C@@H]2C)c1C. The van der Waals surface area contributed by atoms with Crippen LogP contribution in [0.1, 0.15) is 36.2 Å². The highest BCUT2D eigenvalue weighted by Crippen LogP contribution is 2.16. The van der Waals surface area contributed by atoms with Crippen LogP contribution < -0.4 is 5.32 Å². The molecule has 0 aliphatic carbocycles. The molecule has 3 rings (SSSR count). The predicted molar refractivity (Wildman–Crippen MR) is 108 cm³/mol. The van der Waals surface area contributed by atoms with Gasteiger partial charge in [0.05, 0.1) is 6.20 Å². The van der Waals surface area contributed by atoms with Gasteiger partial charge in [-0.3, -0.25) is 9.48 Å². The van der Waals surface area contributed by atoms with E-state index < -0.39 is 6.04 Å². The molecule has 0 spiro atoms. The molecule has 1 aliphatic rings. The van der Waals surface area contributed by atoms with E-state index in [4.69, 9.17) is 0 Å². The van der Waals surface area contributed by atoms with Crippen molar-refractivity contribution < 1.29 is 9.59 Å². The summed E-state index contributed by atoms with van der Waals surface area (Å²) < 4.78 is 1.90. The van der Waals surface area contributed by atoms with Crippen molar-refractivity contribution >= 4 is 11.9 Å². The van der Waals surface area contributed by atoms with Crippen molar-refractivity contribution in [3.8, 4) is 0 Å². The molecule has 1 saturated heterocycles. The number of hydrogen-bond donors (Lipinski definition) is 1. The van der Waals surface area contributed by atoms with Gasteiger partial charge in [-0.2, -0.15) is 5.10 Å². The summed E-state index contributed by atoms with van der Waals surface area (Å²) >= 11 is 0. The highest BCUT2D eigenvalue weighted by atomic mass is 16.2. The fourth-order valence-corrected chi connectivity index (χ4v) is 3.65. The molecule has 0 saturated carbocycles. The van der Waals surface area contributed by atoms with Crippen LogP contribution in [0.3, 0.4) is 0 Å². The Morgan fingerprint density at radius 2 is 2.07 bits per heavy atom. The monoisotopic (exact) mass is 383 g/mol. The van der Waals surface area contributed by atoms with Crippen LogP contribution in [0.5, 0.6) is 0 Å². The van der Waals surface area contributed by atoms with Gasteiger partial charge in [0, 0.05) is 44.0 Å². The molecule has 2 aromatic rings. The molecule has 0 unspecified atom stereocenters. The lowest BCUT2D eigenvalue weighted by atomic mass is 10.1. The Balaban J connectivity index is 1.58. The molecule has 1 fully saturated rings. The highest BCUT2D eigenvalue weighted by Gasteiger charge is 2.34. The molecule has 1 aromatic heterocycles. The topological polar surface area (TPSA) is 70.5 Å². The van der Waals surface area contributed by atoms with Gasteiger partial charge in [0.15, 0.2) is 0 Å². The van der Waals surface area contributed by atoms with Crippen LogP contribution in [0.15, 0.2) is 30.5 Å². The molecule has 150 valence electrons. The maximum absolute atomic E-state index is 12.8. The van der Waals surface area contributed by atoms with Crippen molar-refractivity contribution in [1.82, 2.24) is 24.9 Å². The van der Waals surface area contributed by atoms with Gasteiger partial charge in [0.25, 0.3) is 0 Å². The van der Waals surface area contributed by atoms with Crippen molar-refractivity contribution in [2.24, 2.45) is 0 Å². The molecule has 1 atom stereocenters. The lowest BCUT2D eigenvalue weighted by molar-refractivity contribution is -0.139. The Kier molecular flexibility index (Phi) is 6.02. The zero-order valence-electron chi connectivity index (χ0n) is 17.1. The smallest absolute Gasteiger partial charge is 0.318 e. The van der Waals surface area contributed by atoms with Gasteiger partial charge in [0.2, 0.25) is 5.91 Å². The van der Waals surface area contributed by atoms with Crippen LogP contribution in [0.25, 0.3) is 0 Å². The van der Waals surface area contributed by atoms with Crippen LogP contribution >= 0.6 is 0 Å². The van der Waals surface area contributed by atoms with Crippen LogP contribution in [-0.4, -0.2) is 50.6 Å². The third kappa shape index (κ3) is 4.18. The number of aryl methyl sites for hydroxylation is 2. The number of carbonyl (C=O) groups excluding carboxylic acids is 2. The number of nitrogens with zero attached hydrogens (tertiary/aromatic N) is 4. The van der Waals surface area contributed by atoms with E-state index in [0.29, 0.717) is 26.2 Å². The second kappa shape index (κ2) is 8.46. The number of amides is 3. The summed E-state index contributed by atoms with van der Waals surface area (Å²) in [5.41, 5.74) is 4.33. The molecule has 2 heterocycles. The molecule has 28 heavy (non-hydrogen) atoms. The molecular formula is C21H29N5O2. The minimum absolute atomic E-state index is 0.0158. The number of urea groups is 1. The summed E-state index contributed by atoms with van der Waals surface area (Å²) in [6.07, 6.45) is 1.79. The lowest BCUT2D eigenvalue weighted by Crippen LogP contribution is -2.59. The number of nitrogens with one attached hydrogen (secondary N) is 1. The number of carbonyl (C=O) groups is 2. The summed E-state index contributed by atoms with van der Waals surface area (Å²) in [5.74, 6) is -0.0158. The molecular weight excluding hydrogens is 354 g/mol. The molecule has 0 bridgehead atoms. The minimum atomic E-state index is -0.474. The van der Waals surface area contributed by atoms with Gasteiger partial charge in [0.1, 0.15) is 6.04 Å². The second-order valence-electron chi connectivity index (χ2n) is 7.35. The van der Waals surface area contributed by atoms with Crippen LogP contribution in [0, 0.1) is 13.8 Å². The first-order valence-corrected chi connectivity index (χ1v) is 9.80. The number of piperazine rings is 1. The zero-order chi connectivity index (χ0) is 20.3. The quantitative estimate of drug-likeness (QED) is 0.862. The predicted octanol–water partition coefficient (Wildman–Crippen LogP) is 2.46. The first-order chi connectivity index (χ1) is 13.4. The summed E-state index contributed by atoms with van der Waals surface area (Å²) in [4.78, 5) is 28.9. The third-order valence-electron chi connectivity index (χ3n) is 5.40. The normalized spacial score (nSPS) is 17.1. The zero-order valence-corrected chi connectivity index (χ0v) is 17.1. The summed E-state index contributed by atoms with van der Waals surface area (Å²) in [6.45, 7) is 10.7. The summed E-state index contributed by atoms with van der Waals surface area (Å²) in [6, 6.07) is 7.49. The maximum Gasteiger partial charge on any atom is 0.318 e. The Hall–Kier alpha value is -2.83. The van der Waals surface area contributed by atoms with Crippen LogP contribution in [-0.2, 0) is 24.4 Å².